The minimum atomic E-state index is -0.668. The molecule has 0 aliphatic carbocycles. The van der Waals surface area contributed by atoms with Crippen molar-refractivity contribution >= 4 is 26.4 Å². The molecule has 0 atom stereocenters. The standard InChI is InChI=1S/C21H31NO2Si/c1-9-23-15(3)18-12-17(21(7,8)24-25-20(4,5)6)11-16-10-14(2)13-22-19(16)18/h10-13H,3,9,25H2,1-2,4-8H3. The molecular formula is C21H31NO2Si. The van der Waals surface area contributed by atoms with Crippen LogP contribution >= 0.6 is 0 Å². The average Bonchev–Trinajstić information content (AvgIpc) is 2.51. The predicted molar refractivity (Wildman–Crippen MR) is 110 cm³/mol. The molecule has 0 radical (unpaired) electrons. The Bertz CT molecular complexity index is 775. The van der Waals surface area contributed by atoms with Crippen molar-refractivity contribution in [1.29, 1.82) is 0 Å². The quantitative estimate of drug-likeness (QED) is 0.532. The van der Waals surface area contributed by atoms with Gasteiger partial charge in [0.1, 0.15) is 5.76 Å². The summed E-state index contributed by atoms with van der Waals surface area (Å²) in [5.74, 6) is 0.662. The van der Waals surface area contributed by atoms with E-state index in [1.165, 1.54) is 0 Å². The Morgan fingerprint density at radius 1 is 1.16 bits per heavy atom. The Kier molecular flexibility index (Phi) is 5.74. The van der Waals surface area contributed by atoms with E-state index < -0.39 is 9.76 Å². The van der Waals surface area contributed by atoms with Crippen LogP contribution in [0.3, 0.4) is 0 Å². The van der Waals surface area contributed by atoms with E-state index in [0.717, 1.165) is 27.6 Å². The fourth-order valence-corrected chi connectivity index (χ4v) is 3.61. The maximum absolute atomic E-state index is 6.40. The van der Waals surface area contributed by atoms with Gasteiger partial charge in [-0.25, -0.2) is 0 Å². The zero-order chi connectivity index (χ0) is 18.8. The van der Waals surface area contributed by atoms with Crippen LogP contribution in [0.4, 0.5) is 0 Å². The summed E-state index contributed by atoms with van der Waals surface area (Å²) in [4.78, 5) is 4.62. The lowest BCUT2D eigenvalue weighted by Gasteiger charge is -2.31. The second-order valence-corrected chi connectivity index (χ2v) is 11.0. The monoisotopic (exact) mass is 357 g/mol. The van der Waals surface area contributed by atoms with Gasteiger partial charge in [0.05, 0.1) is 17.7 Å². The number of fused-ring (bicyclic) bond motifs is 1. The minimum Gasteiger partial charge on any atom is -0.494 e. The van der Waals surface area contributed by atoms with E-state index in [1.807, 2.05) is 13.1 Å². The molecule has 0 amide bonds. The lowest BCUT2D eigenvalue weighted by molar-refractivity contribution is 0.109. The molecular weight excluding hydrogens is 326 g/mol. The van der Waals surface area contributed by atoms with Crippen LogP contribution in [0.1, 0.15) is 58.2 Å². The van der Waals surface area contributed by atoms with Gasteiger partial charge < -0.3 is 9.16 Å². The number of pyridine rings is 1. The molecule has 0 fully saturated rings. The highest BCUT2D eigenvalue weighted by atomic mass is 28.2. The minimum absolute atomic E-state index is 0.254. The van der Waals surface area contributed by atoms with Crippen LogP contribution in [0.15, 0.2) is 31.0 Å². The molecule has 4 heteroatoms. The molecule has 25 heavy (non-hydrogen) atoms. The Morgan fingerprint density at radius 3 is 2.44 bits per heavy atom. The number of nitrogens with zero attached hydrogens (tertiary/aromatic N) is 1. The number of rotatable bonds is 6. The smallest absolute Gasteiger partial charge is 0.168 e. The van der Waals surface area contributed by atoms with Crippen molar-refractivity contribution in [2.45, 2.75) is 59.1 Å². The molecule has 0 saturated heterocycles. The number of aryl methyl sites for hydroxylation is 1. The summed E-state index contributed by atoms with van der Waals surface area (Å²) in [5.41, 5.74) is 3.80. The summed E-state index contributed by atoms with van der Waals surface area (Å²) >= 11 is 0. The maximum Gasteiger partial charge on any atom is 0.168 e. The molecule has 2 rings (SSSR count). The number of hydrogen-bond donors (Lipinski definition) is 0. The average molecular weight is 358 g/mol. The Labute approximate surface area is 154 Å². The lowest BCUT2D eigenvalue weighted by atomic mass is 9.93. The van der Waals surface area contributed by atoms with Gasteiger partial charge in [0.15, 0.2) is 9.76 Å². The van der Waals surface area contributed by atoms with Gasteiger partial charge >= 0.3 is 0 Å². The van der Waals surface area contributed by atoms with Crippen LogP contribution in [-0.4, -0.2) is 21.4 Å². The van der Waals surface area contributed by atoms with Crippen LogP contribution in [0.2, 0.25) is 5.04 Å². The van der Waals surface area contributed by atoms with Crippen LogP contribution < -0.4 is 0 Å². The van der Waals surface area contributed by atoms with Gasteiger partial charge in [-0.3, -0.25) is 4.98 Å². The molecule has 0 N–H and O–H groups in total. The molecule has 0 aliphatic heterocycles. The number of hydrogen-bond acceptors (Lipinski definition) is 3. The molecule has 3 nitrogen and oxygen atoms in total. The summed E-state index contributed by atoms with van der Waals surface area (Å²) in [5, 5.41) is 1.35. The second kappa shape index (κ2) is 7.30. The van der Waals surface area contributed by atoms with Gasteiger partial charge in [0, 0.05) is 17.1 Å². The molecule has 1 aromatic carbocycles. The summed E-state index contributed by atoms with van der Waals surface area (Å²) in [6.45, 7) is 19.7. The largest absolute Gasteiger partial charge is 0.494 e. The number of benzene rings is 1. The topological polar surface area (TPSA) is 31.4 Å². The van der Waals surface area contributed by atoms with Crippen molar-refractivity contribution in [3.63, 3.8) is 0 Å². The summed E-state index contributed by atoms with van der Waals surface area (Å²) < 4.78 is 12.1. The Balaban J connectivity index is 2.54. The zero-order valence-electron chi connectivity index (χ0n) is 16.7. The first kappa shape index (κ1) is 19.7. The lowest BCUT2D eigenvalue weighted by Crippen LogP contribution is -2.27. The van der Waals surface area contributed by atoms with E-state index in [1.54, 1.807) is 0 Å². The molecule has 0 aliphatic rings. The molecule has 2 aromatic rings. The van der Waals surface area contributed by atoms with Crippen LogP contribution in [0.25, 0.3) is 16.7 Å². The SMILES string of the molecule is C=C(OCC)c1cc(C(C)(C)O[SiH2]C(C)(C)C)cc2cc(C)cnc12. The fourth-order valence-electron chi connectivity index (χ4n) is 2.65. The first-order chi connectivity index (χ1) is 11.5. The fraction of sp³-hybridized carbons (Fsp3) is 0.476. The van der Waals surface area contributed by atoms with E-state index in [4.69, 9.17) is 9.16 Å². The van der Waals surface area contributed by atoms with Gasteiger partial charge in [0.2, 0.25) is 0 Å². The molecule has 0 bridgehead atoms. The summed E-state index contributed by atoms with van der Waals surface area (Å²) in [6.07, 6.45) is 1.89. The third kappa shape index (κ3) is 4.92. The zero-order valence-corrected chi connectivity index (χ0v) is 18.1. The third-order valence-electron chi connectivity index (χ3n) is 4.10. The number of ether oxygens (including phenoxy) is 1. The van der Waals surface area contributed by atoms with Gasteiger partial charge in [-0.2, -0.15) is 0 Å². The first-order valence-electron chi connectivity index (χ1n) is 8.90. The van der Waals surface area contributed by atoms with Gasteiger partial charge in [0.25, 0.3) is 0 Å². The highest BCUT2D eigenvalue weighted by Crippen LogP contribution is 2.34. The third-order valence-corrected chi connectivity index (χ3v) is 5.83. The molecule has 136 valence electrons. The summed E-state index contributed by atoms with van der Waals surface area (Å²) in [6, 6.07) is 6.47. The van der Waals surface area contributed by atoms with Crippen molar-refractivity contribution < 1.29 is 9.16 Å². The summed E-state index contributed by atoms with van der Waals surface area (Å²) in [7, 11) is -0.668. The molecule has 1 heterocycles. The normalized spacial score (nSPS) is 12.9. The molecule has 0 spiro atoms. The molecule has 0 unspecified atom stereocenters. The molecule has 0 saturated carbocycles. The first-order valence-corrected chi connectivity index (χ1v) is 10.2. The van der Waals surface area contributed by atoms with Crippen molar-refractivity contribution in [2.75, 3.05) is 6.61 Å². The van der Waals surface area contributed by atoms with E-state index >= 15 is 0 Å². The highest BCUT2D eigenvalue weighted by molar-refractivity contribution is 6.31. The van der Waals surface area contributed by atoms with Crippen LogP contribution in [-0.2, 0) is 14.8 Å². The van der Waals surface area contributed by atoms with E-state index in [-0.39, 0.29) is 10.6 Å². The van der Waals surface area contributed by atoms with Crippen molar-refractivity contribution in [3.05, 3.63) is 47.7 Å². The Morgan fingerprint density at radius 2 is 1.84 bits per heavy atom. The van der Waals surface area contributed by atoms with Crippen LogP contribution in [0, 0.1) is 6.92 Å². The second-order valence-electron chi connectivity index (χ2n) is 8.32. The van der Waals surface area contributed by atoms with E-state index in [0.29, 0.717) is 12.4 Å². The van der Waals surface area contributed by atoms with Gasteiger partial charge in [-0.1, -0.05) is 27.4 Å². The van der Waals surface area contributed by atoms with Crippen molar-refractivity contribution in [3.8, 4) is 0 Å². The van der Waals surface area contributed by atoms with Crippen LogP contribution in [0.5, 0.6) is 0 Å². The maximum atomic E-state index is 6.40. The predicted octanol–water partition coefficient (Wildman–Crippen LogP) is 5.10. The van der Waals surface area contributed by atoms with Gasteiger partial charge in [-0.05, 0) is 62.1 Å². The Hall–Kier alpha value is -1.65. The number of aromatic nitrogens is 1. The molecule has 1 aromatic heterocycles. The van der Waals surface area contributed by atoms with E-state index in [2.05, 4.69) is 71.3 Å². The van der Waals surface area contributed by atoms with Gasteiger partial charge in [-0.15, -0.1) is 0 Å². The van der Waals surface area contributed by atoms with E-state index in [9.17, 15) is 0 Å². The van der Waals surface area contributed by atoms with Crippen molar-refractivity contribution in [1.82, 2.24) is 4.98 Å². The highest BCUT2D eigenvalue weighted by Gasteiger charge is 2.26. The van der Waals surface area contributed by atoms with Crippen molar-refractivity contribution in [2.24, 2.45) is 0 Å².